The highest BCUT2D eigenvalue weighted by Gasteiger charge is 2.49. The van der Waals surface area contributed by atoms with Crippen LogP contribution in [0.25, 0.3) is 0 Å². The van der Waals surface area contributed by atoms with E-state index in [4.69, 9.17) is 9.90 Å². The fourth-order valence-corrected chi connectivity index (χ4v) is 4.85. The molecule has 0 unspecified atom stereocenters. The lowest BCUT2D eigenvalue weighted by atomic mass is 10.0. The first-order valence-electron chi connectivity index (χ1n) is 8.80. The molecule has 1 amide bonds. The number of carbonyl (C=O) groups excluding carboxylic acids is 1. The lowest BCUT2D eigenvalue weighted by molar-refractivity contribution is -0.192. The highest BCUT2D eigenvalue weighted by atomic mass is 32.2. The van der Waals surface area contributed by atoms with Crippen LogP contribution in [0.2, 0.25) is 0 Å². The second kappa shape index (κ2) is 8.30. The van der Waals surface area contributed by atoms with E-state index >= 15 is 0 Å². The molecular formula is C16H23F3N4O5S. The number of sulfonamides is 1. The normalized spacial score (nSPS) is 22.6. The van der Waals surface area contributed by atoms with Gasteiger partial charge in [-0.3, -0.25) is 4.79 Å². The van der Waals surface area contributed by atoms with E-state index in [2.05, 4.69) is 18.8 Å². The van der Waals surface area contributed by atoms with E-state index in [0.717, 1.165) is 6.54 Å². The molecule has 0 radical (unpaired) electrons. The van der Waals surface area contributed by atoms with Crippen molar-refractivity contribution in [1.29, 1.82) is 0 Å². The molecule has 9 nitrogen and oxygen atoms in total. The Bertz CT molecular complexity index is 868. The summed E-state index contributed by atoms with van der Waals surface area (Å²) in [6, 6.07) is 0. The van der Waals surface area contributed by atoms with Crippen LogP contribution in [0.5, 0.6) is 0 Å². The van der Waals surface area contributed by atoms with Gasteiger partial charge in [-0.05, 0) is 5.92 Å². The molecule has 1 N–H and O–H groups in total. The number of rotatable bonds is 4. The van der Waals surface area contributed by atoms with E-state index < -0.39 is 22.2 Å². The molecule has 0 bridgehead atoms. The molecule has 29 heavy (non-hydrogen) atoms. The van der Waals surface area contributed by atoms with Gasteiger partial charge in [0.15, 0.2) is 5.03 Å². The van der Waals surface area contributed by atoms with Gasteiger partial charge >= 0.3 is 12.1 Å². The van der Waals surface area contributed by atoms with Crippen molar-refractivity contribution < 1.29 is 36.3 Å². The topological polar surface area (TPSA) is 113 Å². The Kier molecular flexibility index (Phi) is 6.62. The predicted molar refractivity (Wildman–Crippen MR) is 94.1 cm³/mol. The van der Waals surface area contributed by atoms with Crippen molar-refractivity contribution in [1.82, 2.24) is 18.8 Å². The molecule has 3 heterocycles. The van der Waals surface area contributed by atoms with E-state index in [9.17, 15) is 26.4 Å². The first-order chi connectivity index (χ1) is 13.2. The number of fused-ring (bicyclic) bond motifs is 1. The number of likely N-dealkylation sites (tertiary alicyclic amines) is 1. The summed E-state index contributed by atoms with van der Waals surface area (Å²) in [5.41, 5.74) is 0. The van der Waals surface area contributed by atoms with Crippen molar-refractivity contribution >= 4 is 21.9 Å². The molecular weight excluding hydrogens is 417 g/mol. The third-order valence-electron chi connectivity index (χ3n) is 4.60. The quantitative estimate of drug-likeness (QED) is 0.741. The second-order valence-electron chi connectivity index (χ2n) is 7.51. The zero-order valence-corrected chi connectivity index (χ0v) is 16.9. The number of aromatic nitrogens is 2. The Morgan fingerprint density at radius 2 is 1.90 bits per heavy atom. The summed E-state index contributed by atoms with van der Waals surface area (Å²) in [6.07, 6.45) is -2.12. The van der Waals surface area contributed by atoms with Crippen molar-refractivity contribution in [2.75, 3.05) is 26.2 Å². The van der Waals surface area contributed by atoms with Crippen molar-refractivity contribution in [3.05, 3.63) is 12.5 Å². The fourth-order valence-electron chi connectivity index (χ4n) is 3.36. The molecule has 164 valence electrons. The average molecular weight is 440 g/mol. The summed E-state index contributed by atoms with van der Waals surface area (Å²) >= 11 is 0. The van der Waals surface area contributed by atoms with Gasteiger partial charge in [-0.1, -0.05) is 13.8 Å². The molecule has 2 aliphatic rings. The van der Waals surface area contributed by atoms with Crippen LogP contribution in [0.1, 0.15) is 13.8 Å². The van der Waals surface area contributed by atoms with Gasteiger partial charge < -0.3 is 14.6 Å². The number of aliphatic carboxylic acids is 1. The minimum Gasteiger partial charge on any atom is -0.475 e. The Labute approximate surface area is 166 Å². The summed E-state index contributed by atoms with van der Waals surface area (Å²) in [4.78, 5) is 27.1. The zero-order chi connectivity index (χ0) is 22.1. The maximum Gasteiger partial charge on any atom is 0.490 e. The molecule has 3 rings (SSSR count). The molecule has 2 fully saturated rings. The van der Waals surface area contributed by atoms with Gasteiger partial charge in [0.05, 0.1) is 12.2 Å². The predicted octanol–water partition coefficient (Wildman–Crippen LogP) is 0.788. The molecule has 2 aliphatic heterocycles. The third-order valence-corrected chi connectivity index (χ3v) is 6.32. The highest BCUT2D eigenvalue weighted by molar-refractivity contribution is 7.89. The number of carboxylic acids is 1. The Morgan fingerprint density at radius 3 is 2.31 bits per heavy atom. The molecule has 0 saturated carbocycles. The lowest BCUT2D eigenvalue weighted by Crippen LogP contribution is -2.37. The van der Waals surface area contributed by atoms with Crippen LogP contribution in [0.3, 0.4) is 0 Å². The van der Waals surface area contributed by atoms with Gasteiger partial charge in [0.1, 0.15) is 0 Å². The van der Waals surface area contributed by atoms with Gasteiger partial charge in [0.25, 0.3) is 10.0 Å². The lowest BCUT2D eigenvalue weighted by Gasteiger charge is -2.22. The van der Waals surface area contributed by atoms with Crippen LogP contribution in [0.4, 0.5) is 13.2 Å². The molecule has 2 saturated heterocycles. The van der Waals surface area contributed by atoms with Gasteiger partial charge in [0, 0.05) is 45.3 Å². The van der Waals surface area contributed by atoms with E-state index in [0.29, 0.717) is 19.0 Å². The van der Waals surface area contributed by atoms with Crippen molar-refractivity contribution in [3.8, 4) is 0 Å². The standard InChI is InChI=1S/C14H22N4O3S.C2HF3O2/c1-10(2)4-17-5-11-6-18(7-12(11)14(17)19)22(20,21)13-8-16(3)9-15-13;3-2(4,5)1(6)7/h8-12H,4-7H2,1-3H3;(H,6,7)/t11-,12+;/m1./s1. The monoisotopic (exact) mass is 440 g/mol. The van der Waals surface area contributed by atoms with Crippen LogP contribution >= 0.6 is 0 Å². The summed E-state index contributed by atoms with van der Waals surface area (Å²) in [5.74, 6) is -2.33. The van der Waals surface area contributed by atoms with E-state index in [-0.39, 0.29) is 29.3 Å². The number of alkyl halides is 3. The highest BCUT2D eigenvalue weighted by Crippen LogP contribution is 2.35. The number of hydrogen-bond acceptors (Lipinski definition) is 5. The second-order valence-corrected chi connectivity index (χ2v) is 9.39. The number of carboxylic acid groups (broad SMARTS) is 1. The molecule has 0 aliphatic carbocycles. The number of amides is 1. The number of imidazole rings is 1. The van der Waals surface area contributed by atoms with Crippen LogP contribution in [-0.4, -0.2) is 76.5 Å². The summed E-state index contributed by atoms with van der Waals surface area (Å²) < 4.78 is 59.9. The molecule has 1 aromatic rings. The minimum absolute atomic E-state index is 0.0569. The van der Waals surface area contributed by atoms with Gasteiger partial charge in [-0.2, -0.15) is 17.5 Å². The summed E-state index contributed by atoms with van der Waals surface area (Å²) in [5, 5.41) is 7.18. The zero-order valence-electron chi connectivity index (χ0n) is 16.1. The maximum atomic E-state index is 12.6. The van der Waals surface area contributed by atoms with E-state index in [1.165, 1.54) is 16.8 Å². The van der Waals surface area contributed by atoms with Crippen LogP contribution in [0.15, 0.2) is 17.6 Å². The number of nitrogens with zero attached hydrogens (tertiary/aromatic N) is 4. The Morgan fingerprint density at radius 1 is 1.31 bits per heavy atom. The Hall–Kier alpha value is -2.15. The first-order valence-corrected chi connectivity index (χ1v) is 10.2. The summed E-state index contributed by atoms with van der Waals surface area (Å²) in [7, 11) is -1.86. The fraction of sp³-hybridized carbons (Fsp3) is 0.688. The number of halogens is 3. The maximum absolute atomic E-state index is 12.6. The molecule has 0 aromatic carbocycles. The largest absolute Gasteiger partial charge is 0.490 e. The molecule has 13 heteroatoms. The molecule has 1 aromatic heterocycles. The number of aryl methyl sites for hydroxylation is 1. The number of hydrogen-bond donors (Lipinski definition) is 1. The SMILES string of the molecule is CC(C)CN1C[C@@H]2CN(S(=O)(=O)c3cn(C)cn3)C[C@@H]2C1=O.O=C(O)C(F)(F)F. The first kappa shape index (κ1) is 23.1. The minimum atomic E-state index is -5.08. The Balaban J connectivity index is 0.000000370. The molecule has 0 spiro atoms. The van der Waals surface area contributed by atoms with Crippen LogP contribution in [0, 0.1) is 17.8 Å². The van der Waals surface area contributed by atoms with E-state index in [1.54, 1.807) is 11.6 Å². The summed E-state index contributed by atoms with van der Waals surface area (Å²) in [6.45, 7) is 6.26. The third kappa shape index (κ3) is 5.26. The van der Waals surface area contributed by atoms with Crippen LogP contribution < -0.4 is 0 Å². The smallest absolute Gasteiger partial charge is 0.475 e. The van der Waals surface area contributed by atoms with Gasteiger partial charge in [0.2, 0.25) is 5.91 Å². The average Bonchev–Trinajstić information content (AvgIpc) is 3.25. The van der Waals surface area contributed by atoms with Crippen molar-refractivity contribution in [2.24, 2.45) is 24.8 Å². The van der Waals surface area contributed by atoms with Crippen molar-refractivity contribution in [2.45, 2.75) is 25.0 Å². The molecule has 2 atom stereocenters. The van der Waals surface area contributed by atoms with Gasteiger partial charge in [-0.25, -0.2) is 18.2 Å². The van der Waals surface area contributed by atoms with E-state index in [1.807, 2.05) is 4.90 Å². The van der Waals surface area contributed by atoms with Gasteiger partial charge in [-0.15, -0.1) is 0 Å². The number of carbonyl (C=O) groups is 2. The van der Waals surface area contributed by atoms with Crippen LogP contribution in [-0.2, 0) is 26.7 Å². The van der Waals surface area contributed by atoms with Crippen molar-refractivity contribution in [3.63, 3.8) is 0 Å².